The summed E-state index contributed by atoms with van der Waals surface area (Å²) in [6.07, 6.45) is 8.09. The minimum absolute atomic E-state index is 0.208. The first-order chi connectivity index (χ1) is 15.2. The highest BCUT2D eigenvalue weighted by molar-refractivity contribution is 6.19. The molecule has 2 unspecified atom stereocenters. The number of rotatable bonds is 2. The predicted molar refractivity (Wildman–Crippen MR) is 130 cm³/mol. The molecule has 2 saturated carbocycles. The Balaban J connectivity index is 1.70. The molecule has 156 valence electrons. The molecule has 2 nitrogen and oxygen atoms in total. The number of para-hydroxylation sites is 2. The molecule has 2 aliphatic rings. The Kier molecular flexibility index (Phi) is 3.55. The molecular weight excluding hydrogens is 378 g/mol. The van der Waals surface area contributed by atoms with E-state index in [-0.39, 0.29) is 5.41 Å². The summed E-state index contributed by atoms with van der Waals surface area (Å²) in [5.41, 5.74) is 6.55. The maximum atomic E-state index is 6.71. The fourth-order valence-electron chi connectivity index (χ4n) is 7.40. The van der Waals surface area contributed by atoms with E-state index in [1.807, 2.05) is 0 Å². The molecule has 2 bridgehead atoms. The number of hydrogen-bond donors (Lipinski definition) is 0. The lowest BCUT2D eigenvalue weighted by Gasteiger charge is -2.41. The van der Waals surface area contributed by atoms with Gasteiger partial charge in [-0.05, 0) is 61.1 Å². The van der Waals surface area contributed by atoms with Crippen LogP contribution in [0.25, 0.3) is 43.7 Å². The van der Waals surface area contributed by atoms with E-state index in [4.69, 9.17) is 4.42 Å². The molecule has 2 fully saturated rings. The second-order valence-corrected chi connectivity index (χ2v) is 10.3. The van der Waals surface area contributed by atoms with Crippen molar-refractivity contribution in [3.8, 4) is 0 Å². The lowest BCUT2D eigenvalue weighted by molar-refractivity contribution is 0.208. The van der Waals surface area contributed by atoms with Gasteiger partial charge in [-0.3, -0.25) is 0 Å². The van der Waals surface area contributed by atoms with Crippen molar-refractivity contribution in [1.82, 2.24) is 4.57 Å². The number of hydrogen-bond acceptors (Lipinski definition) is 1. The summed E-state index contributed by atoms with van der Waals surface area (Å²) in [6.45, 7) is 2.42. The van der Waals surface area contributed by atoms with Crippen molar-refractivity contribution in [2.45, 2.75) is 50.9 Å². The van der Waals surface area contributed by atoms with Crippen LogP contribution >= 0.6 is 0 Å². The van der Waals surface area contributed by atoms with E-state index in [1.54, 1.807) is 0 Å². The van der Waals surface area contributed by atoms with Crippen molar-refractivity contribution in [2.75, 3.05) is 0 Å². The van der Waals surface area contributed by atoms with Crippen LogP contribution in [0.5, 0.6) is 0 Å². The van der Waals surface area contributed by atoms with Crippen LogP contribution in [-0.4, -0.2) is 4.57 Å². The zero-order valence-corrected chi connectivity index (χ0v) is 18.4. The highest BCUT2D eigenvalue weighted by Gasteiger charge is 2.46. The molecule has 0 amide bonds. The van der Waals surface area contributed by atoms with Gasteiger partial charge in [0.2, 0.25) is 0 Å². The molecule has 0 spiro atoms. The van der Waals surface area contributed by atoms with Crippen molar-refractivity contribution in [3.05, 3.63) is 60.2 Å². The normalized spacial score (nSPS) is 26.0. The van der Waals surface area contributed by atoms with Crippen LogP contribution < -0.4 is 0 Å². The Morgan fingerprint density at radius 2 is 1.61 bits per heavy atom. The van der Waals surface area contributed by atoms with Crippen LogP contribution in [0, 0.1) is 11.8 Å². The smallest absolute Gasteiger partial charge is 0.139 e. The van der Waals surface area contributed by atoms with Gasteiger partial charge in [0.05, 0.1) is 5.52 Å². The van der Waals surface area contributed by atoms with Gasteiger partial charge in [-0.25, -0.2) is 0 Å². The molecule has 3 aromatic carbocycles. The Bertz CT molecular complexity index is 1470. The molecule has 2 atom stereocenters. The molecule has 0 N–H and O–H groups in total. The Morgan fingerprint density at radius 3 is 2.39 bits per heavy atom. The van der Waals surface area contributed by atoms with Crippen LogP contribution in [-0.2, 0) is 12.5 Å². The monoisotopic (exact) mass is 407 g/mol. The highest BCUT2D eigenvalue weighted by atomic mass is 16.3. The van der Waals surface area contributed by atoms with Gasteiger partial charge in [0, 0.05) is 39.7 Å². The first-order valence-corrected chi connectivity index (χ1v) is 12.0. The highest BCUT2D eigenvalue weighted by Crippen LogP contribution is 2.57. The van der Waals surface area contributed by atoms with E-state index in [9.17, 15) is 0 Å². The quantitative estimate of drug-likeness (QED) is 0.289. The van der Waals surface area contributed by atoms with E-state index in [1.165, 1.54) is 76.7 Å². The van der Waals surface area contributed by atoms with Crippen LogP contribution in [0.3, 0.4) is 0 Å². The van der Waals surface area contributed by atoms with E-state index < -0.39 is 0 Å². The third-order valence-corrected chi connectivity index (χ3v) is 8.76. The zero-order valence-electron chi connectivity index (χ0n) is 18.4. The molecule has 0 saturated heterocycles. The molecule has 5 aromatic rings. The van der Waals surface area contributed by atoms with Crippen molar-refractivity contribution < 1.29 is 4.42 Å². The lowest BCUT2D eigenvalue weighted by Crippen LogP contribution is -2.33. The molecule has 0 radical (unpaired) electrons. The van der Waals surface area contributed by atoms with E-state index in [0.29, 0.717) is 0 Å². The third-order valence-electron chi connectivity index (χ3n) is 8.76. The first-order valence-electron chi connectivity index (χ1n) is 12.0. The number of fused-ring (bicyclic) bond motifs is 8. The van der Waals surface area contributed by atoms with E-state index in [2.05, 4.69) is 73.1 Å². The fraction of sp³-hybridized carbons (Fsp3) is 0.379. The van der Waals surface area contributed by atoms with Gasteiger partial charge in [0.15, 0.2) is 0 Å². The molecule has 2 aliphatic carbocycles. The molecule has 2 heterocycles. The molecule has 0 aliphatic heterocycles. The average molecular weight is 408 g/mol. The number of furan rings is 1. The summed E-state index contributed by atoms with van der Waals surface area (Å²) in [4.78, 5) is 0. The Labute approximate surface area is 182 Å². The SMILES string of the molecule is CCC1(c2c3oc4ccccc4c3cc3c2c2ccccc2n3C)CC2CCC(C2)C1. The first kappa shape index (κ1) is 17.9. The number of aromatic nitrogens is 1. The summed E-state index contributed by atoms with van der Waals surface area (Å²) in [5, 5.41) is 5.35. The summed E-state index contributed by atoms with van der Waals surface area (Å²) < 4.78 is 9.11. The topological polar surface area (TPSA) is 18.1 Å². The zero-order chi connectivity index (χ0) is 20.7. The molecule has 2 aromatic heterocycles. The third kappa shape index (κ3) is 2.28. The maximum Gasteiger partial charge on any atom is 0.139 e. The number of benzene rings is 3. The van der Waals surface area contributed by atoms with Crippen LogP contribution in [0.1, 0.15) is 51.0 Å². The van der Waals surface area contributed by atoms with Crippen molar-refractivity contribution in [2.24, 2.45) is 18.9 Å². The summed E-state index contributed by atoms with van der Waals surface area (Å²) >= 11 is 0. The largest absolute Gasteiger partial charge is 0.456 e. The van der Waals surface area contributed by atoms with Crippen molar-refractivity contribution in [1.29, 1.82) is 0 Å². The molecule has 2 heteroatoms. The summed E-state index contributed by atoms with van der Waals surface area (Å²) in [7, 11) is 2.23. The van der Waals surface area contributed by atoms with E-state index >= 15 is 0 Å². The maximum absolute atomic E-state index is 6.71. The second-order valence-electron chi connectivity index (χ2n) is 10.3. The minimum Gasteiger partial charge on any atom is -0.456 e. The van der Waals surface area contributed by atoms with Crippen molar-refractivity contribution >= 4 is 43.7 Å². The van der Waals surface area contributed by atoms with Gasteiger partial charge in [-0.2, -0.15) is 0 Å². The average Bonchev–Trinajstić information content (AvgIpc) is 3.44. The summed E-state index contributed by atoms with van der Waals surface area (Å²) in [5.74, 6) is 1.76. The lowest BCUT2D eigenvalue weighted by atomic mass is 9.63. The van der Waals surface area contributed by atoms with Gasteiger partial charge < -0.3 is 8.98 Å². The molecule has 31 heavy (non-hydrogen) atoms. The Morgan fingerprint density at radius 1 is 0.903 bits per heavy atom. The summed E-state index contributed by atoms with van der Waals surface area (Å²) in [6, 6.07) is 19.9. The Hall–Kier alpha value is -2.74. The molecular formula is C29H29NO. The van der Waals surface area contributed by atoms with Gasteiger partial charge in [0.25, 0.3) is 0 Å². The second kappa shape index (κ2) is 6.16. The minimum atomic E-state index is 0.208. The fourth-order valence-corrected chi connectivity index (χ4v) is 7.40. The standard InChI is InChI=1S/C29H29NO/c1-3-29(16-18-12-13-19(14-18)17-29)27-26-21-9-4-6-10-23(21)30(2)24(26)15-22-20-8-5-7-11-25(20)31-28(22)27/h4-11,15,18-19H,3,12-14,16-17H2,1-2H3. The van der Waals surface area contributed by atoms with Gasteiger partial charge in [0.1, 0.15) is 11.2 Å². The molecule has 7 rings (SSSR count). The predicted octanol–water partition coefficient (Wildman–Crippen LogP) is 8.09. The van der Waals surface area contributed by atoms with Crippen LogP contribution in [0.4, 0.5) is 0 Å². The van der Waals surface area contributed by atoms with Gasteiger partial charge >= 0.3 is 0 Å². The van der Waals surface area contributed by atoms with Crippen LogP contribution in [0.2, 0.25) is 0 Å². The van der Waals surface area contributed by atoms with Crippen molar-refractivity contribution in [3.63, 3.8) is 0 Å². The van der Waals surface area contributed by atoms with E-state index in [0.717, 1.165) is 23.0 Å². The van der Waals surface area contributed by atoms with Gasteiger partial charge in [-0.1, -0.05) is 56.2 Å². The van der Waals surface area contributed by atoms with Crippen LogP contribution in [0.15, 0.2) is 59.0 Å². The van der Waals surface area contributed by atoms with Gasteiger partial charge in [-0.15, -0.1) is 0 Å². The number of nitrogens with zero attached hydrogens (tertiary/aromatic N) is 1. The number of aryl methyl sites for hydroxylation is 1.